The SMILES string of the molecule is CCCCCCCCCCNC(C)(C)/C=N\O. The molecule has 2 N–H and O–H groups in total. The lowest BCUT2D eigenvalue weighted by molar-refractivity contribution is 0.315. The smallest absolute Gasteiger partial charge is 0.0631 e. The van der Waals surface area contributed by atoms with Gasteiger partial charge in [-0.2, -0.15) is 0 Å². The number of hydrogen-bond acceptors (Lipinski definition) is 3. The lowest BCUT2D eigenvalue weighted by Crippen LogP contribution is -2.41. The minimum Gasteiger partial charge on any atom is -0.411 e. The molecule has 17 heavy (non-hydrogen) atoms. The van der Waals surface area contributed by atoms with Crippen LogP contribution < -0.4 is 5.32 Å². The quantitative estimate of drug-likeness (QED) is 0.249. The summed E-state index contributed by atoms with van der Waals surface area (Å²) in [7, 11) is 0. The van der Waals surface area contributed by atoms with Crippen LogP contribution in [-0.2, 0) is 0 Å². The van der Waals surface area contributed by atoms with Crippen molar-refractivity contribution in [2.75, 3.05) is 6.54 Å². The van der Waals surface area contributed by atoms with Crippen molar-refractivity contribution < 1.29 is 5.21 Å². The van der Waals surface area contributed by atoms with Crippen LogP contribution in [0.15, 0.2) is 5.16 Å². The van der Waals surface area contributed by atoms with Gasteiger partial charge in [0, 0.05) is 0 Å². The minimum atomic E-state index is -0.199. The van der Waals surface area contributed by atoms with Crippen LogP contribution in [0.2, 0.25) is 0 Å². The third-order valence-corrected chi connectivity index (χ3v) is 2.99. The Morgan fingerprint density at radius 3 is 2.06 bits per heavy atom. The zero-order chi connectivity index (χ0) is 13.0. The fourth-order valence-electron chi connectivity index (χ4n) is 1.86. The lowest BCUT2D eigenvalue weighted by Gasteiger charge is -2.20. The summed E-state index contributed by atoms with van der Waals surface area (Å²) in [6.45, 7) is 7.27. The topological polar surface area (TPSA) is 44.6 Å². The van der Waals surface area contributed by atoms with E-state index in [4.69, 9.17) is 5.21 Å². The number of hydrogen-bond donors (Lipinski definition) is 2. The highest BCUT2D eigenvalue weighted by atomic mass is 16.4. The monoisotopic (exact) mass is 242 g/mol. The Balaban J connectivity index is 3.23. The molecule has 0 radical (unpaired) electrons. The van der Waals surface area contributed by atoms with E-state index in [1.807, 2.05) is 13.8 Å². The Labute approximate surface area is 107 Å². The molecule has 0 spiro atoms. The number of rotatable bonds is 11. The number of unbranched alkanes of at least 4 members (excludes halogenated alkanes) is 7. The van der Waals surface area contributed by atoms with Gasteiger partial charge >= 0.3 is 0 Å². The predicted molar refractivity (Wildman–Crippen MR) is 75.0 cm³/mol. The van der Waals surface area contributed by atoms with Crippen molar-refractivity contribution in [1.82, 2.24) is 5.32 Å². The van der Waals surface area contributed by atoms with E-state index >= 15 is 0 Å². The van der Waals surface area contributed by atoms with Gasteiger partial charge in [0.15, 0.2) is 0 Å². The fourth-order valence-corrected chi connectivity index (χ4v) is 1.86. The third-order valence-electron chi connectivity index (χ3n) is 2.99. The fraction of sp³-hybridized carbons (Fsp3) is 0.929. The van der Waals surface area contributed by atoms with Gasteiger partial charge in [0.05, 0.1) is 11.8 Å². The van der Waals surface area contributed by atoms with Crippen LogP contribution in [0.4, 0.5) is 0 Å². The molecule has 0 rings (SSSR count). The van der Waals surface area contributed by atoms with Gasteiger partial charge in [0.25, 0.3) is 0 Å². The first-order valence-corrected chi connectivity index (χ1v) is 7.06. The minimum absolute atomic E-state index is 0.199. The van der Waals surface area contributed by atoms with E-state index in [1.54, 1.807) is 0 Å². The maximum Gasteiger partial charge on any atom is 0.0631 e. The van der Waals surface area contributed by atoms with Crippen LogP contribution in [0.5, 0.6) is 0 Å². The maximum absolute atomic E-state index is 8.47. The van der Waals surface area contributed by atoms with Gasteiger partial charge in [-0.3, -0.25) is 0 Å². The summed E-state index contributed by atoms with van der Waals surface area (Å²) in [6, 6.07) is 0. The third kappa shape index (κ3) is 11.7. The van der Waals surface area contributed by atoms with E-state index in [0.29, 0.717) is 0 Å². The molecule has 0 aromatic carbocycles. The number of oxime groups is 1. The lowest BCUT2D eigenvalue weighted by atomic mass is 10.1. The van der Waals surface area contributed by atoms with Crippen molar-refractivity contribution >= 4 is 6.21 Å². The van der Waals surface area contributed by atoms with E-state index in [0.717, 1.165) is 6.54 Å². The molecule has 0 unspecified atom stereocenters. The van der Waals surface area contributed by atoms with Crippen LogP contribution in [-0.4, -0.2) is 23.5 Å². The first-order chi connectivity index (χ1) is 8.12. The van der Waals surface area contributed by atoms with Gasteiger partial charge in [0.1, 0.15) is 0 Å². The Morgan fingerprint density at radius 2 is 1.53 bits per heavy atom. The number of nitrogens with zero attached hydrogens (tertiary/aromatic N) is 1. The molecular formula is C14H30N2O. The molecule has 0 amide bonds. The Kier molecular flexibility index (Phi) is 10.2. The summed E-state index contributed by atoms with van der Waals surface area (Å²) in [4.78, 5) is 0. The molecule has 0 saturated carbocycles. The largest absolute Gasteiger partial charge is 0.411 e. The molecule has 0 fully saturated rings. The highest BCUT2D eigenvalue weighted by molar-refractivity contribution is 5.68. The summed E-state index contributed by atoms with van der Waals surface area (Å²) < 4.78 is 0. The first kappa shape index (κ1) is 16.4. The molecule has 0 bridgehead atoms. The molecule has 102 valence electrons. The van der Waals surface area contributed by atoms with Crippen molar-refractivity contribution in [3.05, 3.63) is 0 Å². The van der Waals surface area contributed by atoms with Crippen molar-refractivity contribution in [3.8, 4) is 0 Å². The second-order valence-corrected chi connectivity index (χ2v) is 5.37. The van der Waals surface area contributed by atoms with E-state index in [1.165, 1.54) is 57.6 Å². The molecule has 0 aromatic heterocycles. The van der Waals surface area contributed by atoms with Crippen LogP contribution in [0.1, 0.15) is 72.1 Å². The van der Waals surface area contributed by atoms with Gasteiger partial charge in [-0.15, -0.1) is 5.16 Å². The van der Waals surface area contributed by atoms with Crippen molar-refractivity contribution in [3.63, 3.8) is 0 Å². The number of nitrogens with one attached hydrogen (secondary N) is 1. The summed E-state index contributed by atoms with van der Waals surface area (Å²) >= 11 is 0. The van der Waals surface area contributed by atoms with Gasteiger partial charge in [-0.1, -0.05) is 51.9 Å². The standard InChI is InChI=1S/C14H30N2O/c1-4-5-6-7-8-9-10-11-12-15-14(2,3)13-16-17/h13,15,17H,4-12H2,1-3H3/b16-13-. The molecular weight excluding hydrogens is 212 g/mol. The first-order valence-electron chi connectivity index (χ1n) is 7.06. The molecule has 3 nitrogen and oxygen atoms in total. The molecule has 0 aliphatic carbocycles. The van der Waals surface area contributed by atoms with Gasteiger partial charge in [-0.25, -0.2) is 0 Å². The Morgan fingerprint density at radius 1 is 1.00 bits per heavy atom. The van der Waals surface area contributed by atoms with E-state index in [2.05, 4.69) is 17.4 Å². The molecule has 0 aromatic rings. The maximum atomic E-state index is 8.47. The molecule has 0 aliphatic heterocycles. The predicted octanol–water partition coefficient (Wildman–Crippen LogP) is 3.96. The van der Waals surface area contributed by atoms with Crippen LogP contribution in [0.25, 0.3) is 0 Å². The van der Waals surface area contributed by atoms with Crippen LogP contribution in [0, 0.1) is 0 Å². The zero-order valence-electron chi connectivity index (χ0n) is 11.8. The zero-order valence-corrected chi connectivity index (χ0v) is 11.8. The van der Waals surface area contributed by atoms with Crippen LogP contribution in [0.3, 0.4) is 0 Å². The average Bonchev–Trinajstić information content (AvgIpc) is 2.27. The average molecular weight is 242 g/mol. The van der Waals surface area contributed by atoms with E-state index < -0.39 is 0 Å². The summed E-state index contributed by atoms with van der Waals surface area (Å²) in [5.74, 6) is 0. The summed E-state index contributed by atoms with van der Waals surface area (Å²) in [6.07, 6.45) is 12.3. The highest BCUT2D eigenvalue weighted by Gasteiger charge is 2.12. The Bertz CT molecular complexity index is 191. The van der Waals surface area contributed by atoms with Crippen molar-refractivity contribution in [2.24, 2.45) is 5.16 Å². The van der Waals surface area contributed by atoms with E-state index in [9.17, 15) is 0 Å². The molecule has 0 aliphatic rings. The second-order valence-electron chi connectivity index (χ2n) is 5.37. The normalized spacial score (nSPS) is 12.4. The Hall–Kier alpha value is -0.570. The van der Waals surface area contributed by atoms with Gasteiger partial charge < -0.3 is 10.5 Å². The van der Waals surface area contributed by atoms with Gasteiger partial charge in [-0.05, 0) is 26.8 Å². The van der Waals surface area contributed by atoms with E-state index in [-0.39, 0.29) is 5.54 Å². The molecule has 3 heteroatoms. The van der Waals surface area contributed by atoms with Crippen molar-refractivity contribution in [2.45, 2.75) is 77.7 Å². The summed E-state index contributed by atoms with van der Waals surface area (Å²) in [5.41, 5.74) is -0.199. The van der Waals surface area contributed by atoms with Gasteiger partial charge in [0.2, 0.25) is 0 Å². The second kappa shape index (κ2) is 10.6. The van der Waals surface area contributed by atoms with Crippen LogP contribution >= 0.6 is 0 Å². The molecule has 0 atom stereocenters. The molecule has 0 heterocycles. The summed E-state index contributed by atoms with van der Waals surface area (Å²) in [5, 5.41) is 14.9. The molecule has 0 saturated heterocycles. The van der Waals surface area contributed by atoms with Crippen molar-refractivity contribution in [1.29, 1.82) is 0 Å². The highest BCUT2D eigenvalue weighted by Crippen LogP contribution is 2.08.